The summed E-state index contributed by atoms with van der Waals surface area (Å²) in [5.74, 6) is 0.835. The average Bonchev–Trinajstić information content (AvgIpc) is 2.62. The zero-order chi connectivity index (χ0) is 18.1. The van der Waals surface area contributed by atoms with Crippen LogP contribution in [0.3, 0.4) is 0 Å². The van der Waals surface area contributed by atoms with Crippen LogP contribution < -0.4 is 15.4 Å². The van der Waals surface area contributed by atoms with Gasteiger partial charge in [0.2, 0.25) is 11.8 Å². The van der Waals surface area contributed by atoms with Gasteiger partial charge in [0.1, 0.15) is 5.75 Å². The number of benzene rings is 2. The Bertz CT molecular complexity index is 717. The molecule has 0 saturated heterocycles. The van der Waals surface area contributed by atoms with E-state index in [4.69, 9.17) is 4.74 Å². The van der Waals surface area contributed by atoms with E-state index in [-0.39, 0.29) is 11.8 Å². The highest BCUT2D eigenvalue weighted by Gasteiger charge is 2.08. The van der Waals surface area contributed by atoms with E-state index >= 15 is 0 Å². The summed E-state index contributed by atoms with van der Waals surface area (Å²) < 4.78 is 5.22. The maximum absolute atomic E-state index is 12.1. The molecule has 0 heterocycles. The van der Waals surface area contributed by atoms with Crippen LogP contribution in [0.2, 0.25) is 0 Å². The Morgan fingerprint density at radius 3 is 2.40 bits per heavy atom. The van der Waals surface area contributed by atoms with Gasteiger partial charge < -0.3 is 15.4 Å². The summed E-state index contributed by atoms with van der Waals surface area (Å²) in [7, 11) is 1.57. The molecule has 2 N–H and O–H groups in total. The van der Waals surface area contributed by atoms with E-state index in [1.54, 1.807) is 19.2 Å². The van der Waals surface area contributed by atoms with Crippen molar-refractivity contribution in [1.82, 2.24) is 0 Å². The topological polar surface area (TPSA) is 67.4 Å². The van der Waals surface area contributed by atoms with E-state index in [0.29, 0.717) is 23.6 Å². The summed E-state index contributed by atoms with van der Waals surface area (Å²) in [6, 6.07) is 14.8. The van der Waals surface area contributed by atoms with Crippen molar-refractivity contribution in [2.24, 2.45) is 0 Å². The van der Waals surface area contributed by atoms with Crippen molar-refractivity contribution in [2.45, 2.75) is 24.7 Å². The highest BCUT2D eigenvalue weighted by Crippen LogP contribution is 2.24. The molecule has 2 aromatic rings. The Labute approximate surface area is 152 Å². The Kier molecular flexibility index (Phi) is 7.35. The second kappa shape index (κ2) is 9.74. The molecule has 25 heavy (non-hydrogen) atoms. The molecule has 2 aromatic carbocycles. The van der Waals surface area contributed by atoms with Gasteiger partial charge in [0.15, 0.2) is 0 Å². The number of hydrogen-bond acceptors (Lipinski definition) is 4. The van der Waals surface area contributed by atoms with Gasteiger partial charge in [-0.1, -0.05) is 19.1 Å². The quantitative estimate of drug-likeness (QED) is 0.695. The lowest BCUT2D eigenvalue weighted by molar-refractivity contribution is -0.116. The number of thioether (sulfide) groups is 1. The smallest absolute Gasteiger partial charge is 0.234 e. The fourth-order valence-electron chi connectivity index (χ4n) is 2.17. The van der Waals surface area contributed by atoms with E-state index in [1.807, 2.05) is 43.3 Å². The van der Waals surface area contributed by atoms with Gasteiger partial charge in [0, 0.05) is 17.0 Å². The van der Waals surface area contributed by atoms with Crippen molar-refractivity contribution in [1.29, 1.82) is 0 Å². The van der Waals surface area contributed by atoms with Crippen LogP contribution in [0.1, 0.15) is 19.8 Å². The van der Waals surface area contributed by atoms with Gasteiger partial charge in [-0.05, 0) is 42.8 Å². The minimum absolute atomic E-state index is 0.0130. The van der Waals surface area contributed by atoms with E-state index in [9.17, 15) is 9.59 Å². The van der Waals surface area contributed by atoms with Crippen molar-refractivity contribution in [3.63, 3.8) is 0 Å². The average molecular weight is 358 g/mol. The number of amides is 2. The Morgan fingerprint density at radius 2 is 1.72 bits per heavy atom. The number of carbonyl (C=O) groups excluding carboxylic acids is 2. The first kappa shape index (κ1) is 18.9. The summed E-state index contributed by atoms with van der Waals surface area (Å²) in [4.78, 5) is 24.6. The second-order valence-electron chi connectivity index (χ2n) is 5.36. The third kappa shape index (κ3) is 6.15. The summed E-state index contributed by atoms with van der Waals surface area (Å²) in [6.45, 7) is 1.97. The molecular weight excluding hydrogens is 336 g/mol. The number of carbonyl (C=O) groups is 2. The van der Waals surface area contributed by atoms with E-state index in [1.165, 1.54) is 11.8 Å². The van der Waals surface area contributed by atoms with Crippen LogP contribution in [0.15, 0.2) is 53.4 Å². The molecule has 2 amide bonds. The lowest BCUT2D eigenvalue weighted by atomic mass is 10.3. The Morgan fingerprint density at radius 1 is 1.00 bits per heavy atom. The zero-order valence-electron chi connectivity index (χ0n) is 14.4. The van der Waals surface area contributed by atoms with Crippen molar-refractivity contribution in [3.05, 3.63) is 48.5 Å². The highest BCUT2D eigenvalue weighted by molar-refractivity contribution is 8.00. The maximum atomic E-state index is 12.1. The molecule has 0 radical (unpaired) electrons. The monoisotopic (exact) mass is 358 g/mol. The van der Waals surface area contributed by atoms with Crippen LogP contribution in [0.4, 0.5) is 11.4 Å². The molecule has 0 aromatic heterocycles. The first-order valence-electron chi connectivity index (χ1n) is 8.08. The third-order valence-electron chi connectivity index (χ3n) is 3.37. The van der Waals surface area contributed by atoms with Crippen LogP contribution in [-0.2, 0) is 9.59 Å². The van der Waals surface area contributed by atoms with Crippen LogP contribution in [-0.4, -0.2) is 24.7 Å². The van der Waals surface area contributed by atoms with Gasteiger partial charge in [-0.3, -0.25) is 9.59 Å². The molecular formula is C19H22N2O3S. The van der Waals surface area contributed by atoms with Gasteiger partial charge in [-0.25, -0.2) is 0 Å². The predicted octanol–water partition coefficient (Wildman–Crippen LogP) is 4.16. The molecule has 0 aliphatic heterocycles. The highest BCUT2D eigenvalue weighted by atomic mass is 32.2. The minimum Gasteiger partial charge on any atom is -0.495 e. The molecule has 0 aliphatic carbocycles. The number of ether oxygens (including phenoxy) is 1. The summed E-state index contributed by atoms with van der Waals surface area (Å²) >= 11 is 1.43. The Balaban J connectivity index is 1.84. The van der Waals surface area contributed by atoms with E-state index < -0.39 is 0 Å². The van der Waals surface area contributed by atoms with Gasteiger partial charge >= 0.3 is 0 Å². The van der Waals surface area contributed by atoms with Crippen LogP contribution in [0.5, 0.6) is 5.75 Å². The fraction of sp³-hybridized carbons (Fsp3) is 0.263. The molecule has 132 valence electrons. The number of nitrogens with one attached hydrogen (secondary N) is 2. The SMILES string of the molecule is CCCC(=O)Nc1ccc(SCC(=O)Nc2ccccc2OC)cc1. The number of hydrogen-bond donors (Lipinski definition) is 2. The van der Waals surface area contributed by atoms with Gasteiger partial charge in [-0.15, -0.1) is 11.8 Å². The van der Waals surface area contributed by atoms with Crippen molar-refractivity contribution in [2.75, 3.05) is 23.5 Å². The number of para-hydroxylation sites is 2. The molecule has 6 heteroatoms. The summed E-state index contributed by atoms with van der Waals surface area (Å²) in [5, 5.41) is 5.68. The second-order valence-corrected chi connectivity index (χ2v) is 6.41. The number of methoxy groups -OCH3 is 1. The Hall–Kier alpha value is -2.47. The largest absolute Gasteiger partial charge is 0.495 e. The van der Waals surface area contributed by atoms with Crippen molar-refractivity contribution < 1.29 is 14.3 Å². The molecule has 0 unspecified atom stereocenters. The predicted molar refractivity (Wildman–Crippen MR) is 102 cm³/mol. The van der Waals surface area contributed by atoms with Gasteiger partial charge in [0.05, 0.1) is 18.6 Å². The van der Waals surface area contributed by atoms with E-state index in [0.717, 1.165) is 17.0 Å². The molecule has 2 rings (SSSR count). The summed E-state index contributed by atoms with van der Waals surface area (Å²) in [5.41, 5.74) is 1.42. The van der Waals surface area contributed by atoms with Gasteiger partial charge in [-0.2, -0.15) is 0 Å². The number of anilines is 2. The molecule has 0 aliphatic rings. The van der Waals surface area contributed by atoms with E-state index in [2.05, 4.69) is 10.6 Å². The van der Waals surface area contributed by atoms with Crippen LogP contribution >= 0.6 is 11.8 Å². The zero-order valence-corrected chi connectivity index (χ0v) is 15.2. The first-order valence-corrected chi connectivity index (χ1v) is 9.06. The number of rotatable bonds is 8. The van der Waals surface area contributed by atoms with Gasteiger partial charge in [0.25, 0.3) is 0 Å². The standard InChI is InChI=1S/C19H22N2O3S/c1-3-6-18(22)20-14-9-11-15(12-10-14)25-13-19(23)21-16-7-4-5-8-17(16)24-2/h4-5,7-12H,3,6,13H2,1-2H3,(H,20,22)(H,21,23). The summed E-state index contributed by atoms with van der Waals surface area (Å²) in [6.07, 6.45) is 1.33. The molecule has 0 bridgehead atoms. The molecule has 0 saturated carbocycles. The molecule has 0 spiro atoms. The molecule has 0 atom stereocenters. The molecule has 5 nitrogen and oxygen atoms in total. The first-order chi connectivity index (χ1) is 12.1. The lowest BCUT2D eigenvalue weighted by Crippen LogP contribution is -2.14. The van der Waals surface area contributed by atoms with Crippen molar-refractivity contribution in [3.8, 4) is 5.75 Å². The molecule has 0 fully saturated rings. The minimum atomic E-state index is -0.102. The van der Waals surface area contributed by atoms with Crippen molar-refractivity contribution >= 4 is 35.0 Å². The lowest BCUT2D eigenvalue weighted by Gasteiger charge is -2.10. The maximum Gasteiger partial charge on any atom is 0.234 e. The third-order valence-corrected chi connectivity index (χ3v) is 4.38. The fourth-order valence-corrected chi connectivity index (χ4v) is 2.87. The van der Waals surface area contributed by atoms with Crippen LogP contribution in [0.25, 0.3) is 0 Å². The van der Waals surface area contributed by atoms with Crippen LogP contribution in [0, 0.1) is 0 Å². The normalized spacial score (nSPS) is 10.2.